The average molecular weight is 426 g/mol. The predicted octanol–water partition coefficient (Wildman–Crippen LogP) is 2.20. The van der Waals surface area contributed by atoms with Gasteiger partial charge in [0, 0.05) is 25.5 Å². The second-order valence-corrected chi connectivity index (χ2v) is 6.17. The quantitative estimate of drug-likeness (QED) is 0.607. The van der Waals surface area contributed by atoms with Crippen LogP contribution in [-0.2, 0) is 0 Å². The summed E-state index contributed by atoms with van der Waals surface area (Å²) >= 11 is 6.34. The van der Waals surface area contributed by atoms with Crippen molar-refractivity contribution >= 4 is 44.4 Å². The molecular weight excluding hydrogens is 408 g/mol. The number of hydrogen-bond donors (Lipinski definition) is 3. The minimum absolute atomic E-state index is 0.156. The Hall–Kier alpha value is -0.600. The molecule has 21 heavy (non-hydrogen) atoms. The highest BCUT2D eigenvalue weighted by Gasteiger charge is 2.24. The van der Waals surface area contributed by atoms with Gasteiger partial charge >= 0.3 is 0 Å². The van der Waals surface area contributed by atoms with E-state index in [2.05, 4.69) is 31.9 Å². The molecule has 0 aromatic heterocycles. The van der Waals surface area contributed by atoms with Gasteiger partial charge in [0.2, 0.25) is 0 Å². The molecule has 0 amide bonds. The second kappa shape index (κ2) is 10.2. The second-order valence-electron chi connectivity index (χ2n) is 4.46. The number of benzene rings is 1. The highest BCUT2D eigenvalue weighted by atomic mass is 79.9. The van der Waals surface area contributed by atoms with E-state index in [4.69, 9.17) is 15.3 Å². The van der Waals surface area contributed by atoms with Crippen LogP contribution in [0.4, 0.5) is 0 Å². The first-order chi connectivity index (χ1) is 9.93. The summed E-state index contributed by atoms with van der Waals surface area (Å²) in [6.45, 7) is 1.35. The zero-order chi connectivity index (χ0) is 16.5. The van der Waals surface area contributed by atoms with Crippen LogP contribution in [0.15, 0.2) is 21.1 Å². The van der Waals surface area contributed by atoms with Crippen LogP contribution >= 0.6 is 31.9 Å². The van der Waals surface area contributed by atoms with Gasteiger partial charge in [-0.25, -0.2) is 0 Å². The number of halogens is 2. The molecule has 7 heteroatoms. The lowest BCUT2D eigenvalue weighted by molar-refractivity contribution is 0.00304. The third-order valence-corrected chi connectivity index (χ3v) is 4.50. The lowest BCUT2D eigenvalue weighted by Crippen LogP contribution is -2.32. The molecule has 0 aliphatic heterocycles. The van der Waals surface area contributed by atoms with Gasteiger partial charge in [-0.15, -0.1) is 0 Å². The summed E-state index contributed by atoms with van der Waals surface area (Å²) in [5.74, 6) is 0. The van der Waals surface area contributed by atoms with Crippen molar-refractivity contribution in [2.24, 2.45) is 5.41 Å². The Labute approximate surface area is 140 Å². The molecule has 1 aromatic carbocycles. The molecule has 0 fully saturated rings. The molecule has 5 nitrogen and oxygen atoms in total. The van der Waals surface area contributed by atoms with Gasteiger partial charge in [-0.2, -0.15) is 0 Å². The zero-order valence-corrected chi connectivity index (χ0v) is 14.7. The van der Waals surface area contributed by atoms with E-state index in [0.717, 1.165) is 12.6 Å². The van der Waals surface area contributed by atoms with Crippen molar-refractivity contribution in [3.63, 3.8) is 0 Å². The zero-order valence-electron chi connectivity index (χ0n) is 11.6. The fourth-order valence-corrected chi connectivity index (χ4v) is 2.15. The Morgan fingerprint density at radius 2 is 1.29 bits per heavy atom. The van der Waals surface area contributed by atoms with Crippen LogP contribution in [0.25, 0.3) is 0 Å². The number of aldehydes is 2. The van der Waals surface area contributed by atoms with Crippen molar-refractivity contribution in [3.8, 4) is 0 Å². The van der Waals surface area contributed by atoms with Crippen molar-refractivity contribution < 1.29 is 24.9 Å². The molecule has 118 valence electrons. The van der Waals surface area contributed by atoms with Crippen LogP contribution in [0.5, 0.6) is 0 Å². The van der Waals surface area contributed by atoms with Crippen LogP contribution in [0.1, 0.15) is 34.1 Å². The molecule has 0 saturated carbocycles. The molecule has 0 unspecified atom stereocenters. The van der Waals surface area contributed by atoms with E-state index in [-0.39, 0.29) is 19.8 Å². The number of rotatable bonds is 6. The van der Waals surface area contributed by atoms with Gasteiger partial charge in [-0.1, -0.05) is 38.8 Å². The monoisotopic (exact) mass is 424 g/mol. The van der Waals surface area contributed by atoms with Crippen LogP contribution in [0.3, 0.4) is 0 Å². The van der Waals surface area contributed by atoms with E-state index in [0.29, 0.717) is 26.5 Å². The van der Waals surface area contributed by atoms with Gasteiger partial charge in [-0.05, 0) is 18.6 Å². The summed E-state index contributed by atoms with van der Waals surface area (Å²) in [4.78, 5) is 20.9. The lowest BCUT2D eigenvalue weighted by Gasteiger charge is -2.24. The first-order valence-electron chi connectivity index (χ1n) is 6.15. The van der Waals surface area contributed by atoms with Crippen LogP contribution in [0, 0.1) is 5.41 Å². The molecule has 0 bridgehead atoms. The van der Waals surface area contributed by atoms with Crippen LogP contribution in [0.2, 0.25) is 0 Å². The van der Waals surface area contributed by atoms with Gasteiger partial charge in [0.1, 0.15) is 0 Å². The van der Waals surface area contributed by atoms with E-state index in [1.807, 2.05) is 6.92 Å². The Morgan fingerprint density at radius 3 is 1.43 bits per heavy atom. The molecule has 0 aliphatic rings. The SMILES string of the molecule is CCC(CO)(CO)CO.O=Cc1cc(Br)c(C=O)cc1Br. The number of carbonyl (C=O) groups excluding carboxylic acids is 2. The maximum Gasteiger partial charge on any atom is 0.151 e. The van der Waals surface area contributed by atoms with E-state index in [1.165, 1.54) is 0 Å². The fourth-order valence-electron chi connectivity index (χ4n) is 1.24. The molecule has 1 rings (SSSR count). The smallest absolute Gasteiger partial charge is 0.151 e. The average Bonchev–Trinajstić information content (AvgIpc) is 2.52. The van der Waals surface area contributed by atoms with Gasteiger partial charge in [-0.3, -0.25) is 9.59 Å². The van der Waals surface area contributed by atoms with Gasteiger partial charge < -0.3 is 15.3 Å². The minimum Gasteiger partial charge on any atom is -0.396 e. The highest BCUT2D eigenvalue weighted by Crippen LogP contribution is 2.23. The molecule has 1 aromatic rings. The lowest BCUT2D eigenvalue weighted by atomic mass is 9.88. The largest absolute Gasteiger partial charge is 0.396 e. The summed E-state index contributed by atoms with van der Waals surface area (Å²) in [5.41, 5.74) is 0.375. The van der Waals surface area contributed by atoms with Gasteiger partial charge in [0.15, 0.2) is 12.6 Å². The number of aliphatic hydroxyl groups excluding tert-OH is 3. The van der Waals surface area contributed by atoms with Crippen molar-refractivity contribution in [2.75, 3.05) is 19.8 Å². The summed E-state index contributed by atoms with van der Waals surface area (Å²) < 4.78 is 1.26. The van der Waals surface area contributed by atoms with E-state index >= 15 is 0 Å². The Morgan fingerprint density at radius 1 is 0.952 bits per heavy atom. The Balaban J connectivity index is 0.000000400. The van der Waals surface area contributed by atoms with Crippen molar-refractivity contribution in [3.05, 3.63) is 32.2 Å². The molecular formula is C14H18Br2O5. The van der Waals surface area contributed by atoms with Crippen molar-refractivity contribution in [1.82, 2.24) is 0 Å². The highest BCUT2D eigenvalue weighted by molar-refractivity contribution is 9.11. The third kappa shape index (κ3) is 5.96. The number of aliphatic hydroxyl groups is 3. The fraction of sp³-hybridized carbons (Fsp3) is 0.429. The molecule has 3 N–H and O–H groups in total. The standard InChI is InChI=1S/C8H4Br2O2.C6H14O3/c9-7-1-5(3-11)8(10)2-6(7)4-12;1-2-6(3-7,4-8)5-9/h1-4H;7-9H,2-5H2,1H3. The van der Waals surface area contributed by atoms with E-state index in [9.17, 15) is 9.59 Å². The normalized spacial score (nSPS) is 10.6. The first-order valence-corrected chi connectivity index (χ1v) is 7.74. The molecule has 0 atom stereocenters. The molecule has 0 radical (unpaired) electrons. The maximum absolute atomic E-state index is 10.4. The van der Waals surface area contributed by atoms with Gasteiger partial charge in [0.05, 0.1) is 19.8 Å². The minimum atomic E-state index is -0.667. The Bertz CT molecular complexity index is 421. The predicted molar refractivity (Wildman–Crippen MR) is 86.6 cm³/mol. The van der Waals surface area contributed by atoms with E-state index in [1.54, 1.807) is 12.1 Å². The van der Waals surface area contributed by atoms with Gasteiger partial charge in [0.25, 0.3) is 0 Å². The van der Waals surface area contributed by atoms with Crippen molar-refractivity contribution in [1.29, 1.82) is 0 Å². The number of hydrogen-bond acceptors (Lipinski definition) is 5. The molecule has 0 spiro atoms. The Kier molecular flexibility index (Phi) is 9.89. The summed E-state index contributed by atoms with van der Waals surface area (Å²) in [6, 6.07) is 3.20. The van der Waals surface area contributed by atoms with E-state index < -0.39 is 5.41 Å². The van der Waals surface area contributed by atoms with Crippen LogP contribution < -0.4 is 0 Å². The summed E-state index contributed by atoms with van der Waals surface area (Å²) in [6.07, 6.45) is 2.04. The van der Waals surface area contributed by atoms with Crippen LogP contribution in [-0.4, -0.2) is 47.7 Å². The topological polar surface area (TPSA) is 94.8 Å². The summed E-state index contributed by atoms with van der Waals surface area (Å²) in [5, 5.41) is 26.0. The molecule has 0 aliphatic carbocycles. The summed E-state index contributed by atoms with van der Waals surface area (Å²) in [7, 11) is 0. The number of carbonyl (C=O) groups is 2. The van der Waals surface area contributed by atoms with Crippen molar-refractivity contribution in [2.45, 2.75) is 13.3 Å². The third-order valence-electron chi connectivity index (χ3n) is 3.13. The first kappa shape index (κ1) is 20.4. The molecule has 0 saturated heterocycles. The molecule has 0 heterocycles. The maximum atomic E-state index is 10.4.